The molecule has 2 heterocycles. The van der Waals surface area contributed by atoms with Crippen molar-refractivity contribution in [1.29, 1.82) is 0 Å². The third-order valence-electron chi connectivity index (χ3n) is 3.97. The summed E-state index contributed by atoms with van der Waals surface area (Å²) < 4.78 is 10.3. The largest absolute Gasteiger partial charge is 0.465 e. The molecule has 0 bridgehead atoms. The number of imide groups is 1. The summed E-state index contributed by atoms with van der Waals surface area (Å²) in [5, 5.41) is 9.09. The van der Waals surface area contributed by atoms with Crippen molar-refractivity contribution in [2.75, 3.05) is 13.1 Å². The Bertz CT molecular complexity index is 620. The van der Waals surface area contributed by atoms with Crippen LogP contribution in [0.5, 0.6) is 0 Å². The number of carbonyl (C=O) groups excluding carboxylic acids is 2. The number of nitrogens with zero attached hydrogens (tertiary/aromatic N) is 2. The normalized spacial score (nSPS) is 23.2. The van der Waals surface area contributed by atoms with Gasteiger partial charge in [0.2, 0.25) is 0 Å². The fraction of sp³-hybridized carbons (Fsp3) is 0.400. The van der Waals surface area contributed by atoms with Crippen LogP contribution in [0.3, 0.4) is 0 Å². The zero-order chi connectivity index (χ0) is 16.4. The fourth-order valence-corrected chi connectivity index (χ4v) is 2.81. The zero-order valence-electron chi connectivity index (χ0n) is 12.3. The summed E-state index contributed by atoms with van der Waals surface area (Å²) in [6.45, 7) is 0.578. The van der Waals surface area contributed by atoms with Gasteiger partial charge in [0.15, 0.2) is 0 Å². The quantitative estimate of drug-likeness (QED) is 0.894. The van der Waals surface area contributed by atoms with Crippen LogP contribution in [0.15, 0.2) is 30.3 Å². The number of hydrogen-bond acceptors (Lipinski definition) is 5. The number of carbonyl (C=O) groups is 3. The Labute approximate surface area is 132 Å². The summed E-state index contributed by atoms with van der Waals surface area (Å²) in [5.41, 5.74) is 0.863. The maximum atomic E-state index is 12.1. The van der Waals surface area contributed by atoms with Crippen LogP contribution >= 0.6 is 0 Å². The van der Waals surface area contributed by atoms with Crippen LogP contribution < -0.4 is 0 Å². The van der Waals surface area contributed by atoms with Gasteiger partial charge in [-0.3, -0.25) is 0 Å². The Morgan fingerprint density at radius 1 is 1.30 bits per heavy atom. The number of carboxylic acid groups (broad SMARTS) is 1. The van der Waals surface area contributed by atoms with E-state index in [-0.39, 0.29) is 13.2 Å². The molecule has 2 aliphatic rings. The monoisotopic (exact) mass is 320 g/mol. The van der Waals surface area contributed by atoms with E-state index >= 15 is 0 Å². The van der Waals surface area contributed by atoms with E-state index in [1.54, 1.807) is 0 Å². The van der Waals surface area contributed by atoms with Crippen molar-refractivity contribution >= 4 is 18.3 Å². The molecule has 3 amide bonds. The second kappa shape index (κ2) is 6.15. The second-order valence-electron chi connectivity index (χ2n) is 5.42. The van der Waals surface area contributed by atoms with Crippen molar-refractivity contribution in [3.8, 4) is 0 Å². The fourth-order valence-electron chi connectivity index (χ4n) is 2.81. The third-order valence-corrected chi connectivity index (χ3v) is 3.97. The molecule has 0 aromatic heterocycles. The molecule has 2 aliphatic heterocycles. The van der Waals surface area contributed by atoms with Crippen molar-refractivity contribution in [3.05, 3.63) is 35.9 Å². The summed E-state index contributed by atoms with van der Waals surface area (Å²) in [6, 6.07) is 8.57. The van der Waals surface area contributed by atoms with E-state index in [0.717, 1.165) is 5.56 Å². The summed E-state index contributed by atoms with van der Waals surface area (Å²) in [4.78, 5) is 36.9. The molecule has 8 heteroatoms. The van der Waals surface area contributed by atoms with Crippen molar-refractivity contribution in [2.45, 2.75) is 25.2 Å². The molecule has 2 fully saturated rings. The molecular weight excluding hydrogens is 304 g/mol. The van der Waals surface area contributed by atoms with Crippen molar-refractivity contribution in [2.24, 2.45) is 0 Å². The van der Waals surface area contributed by atoms with Gasteiger partial charge in [-0.15, -0.1) is 0 Å². The Hall–Kier alpha value is -2.77. The summed E-state index contributed by atoms with van der Waals surface area (Å²) >= 11 is 0. The van der Waals surface area contributed by atoms with Gasteiger partial charge >= 0.3 is 18.3 Å². The first-order chi connectivity index (χ1) is 11.1. The predicted octanol–water partition coefficient (Wildman–Crippen LogP) is 1.90. The number of fused-ring (bicyclic) bond motifs is 1. The molecule has 0 aliphatic carbocycles. The van der Waals surface area contributed by atoms with Gasteiger partial charge in [-0.05, 0) is 5.56 Å². The minimum atomic E-state index is -1.37. The van der Waals surface area contributed by atoms with Crippen LogP contribution in [0.1, 0.15) is 12.0 Å². The molecule has 2 atom stereocenters. The smallest absolute Gasteiger partial charge is 0.420 e. The average Bonchev–Trinajstić information content (AvgIpc) is 2.88. The van der Waals surface area contributed by atoms with E-state index < -0.39 is 30.4 Å². The van der Waals surface area contributed by atoms with Crippen molar-refractivity contribution < 1.29 is 29.0 Å². The highest BCUT2D eigenvalue weighted by molar-refractivity contribution is 5.89. The molecule has 0 radical (unpaired) electrons. The number of ether oxygens (including phenoxy) is 2. The lowest BCUT2D eigenvalue weighted by molar-refractivity contribution is 0.0501. The van der Waals surface area contributed by atoms with Gasteiger partial charge in [0.25, 0.3) is 0 Å². The molecule has 1 aromatic carbocycles. The Balaban J connectivity index is 1.60. The summed E-state index contributed by atoms with van der Waals surface area (Å²) in [7, 11) is 0. The number of piperidine rings is 1. The maximum Gasteiger partial charge on any atom is 0.420 e. The molecule has 1 aromatic rings. The van der Waals surface area contributed by atoms with Crippen LogP contribution in [0, 0.1) is 0 Å². The van der Waals surface area contributed by atoms with Gasteiger partial charge in [-0.1, -0.05) is 30.3 Å². The summed E-state index contributed by atoms with van der Waals surface area (Å²) in [5.74, 6) is 0. The lowest BCUT2D eigenvalue weighted by atomic mass is 10.0. The van der Waals surface area contributed by atoms with Crippen LogP contribution in [0.2, 0.25) is 0 Å². The van der Waals surface area contributed by atoms with Crippen LogP contribution in [-0.4, -0.2) is 58.4 Å². The van der Waals surface area contributed by atoms with Crippen LogP contribution in [-0.2, 0) is 16.1 Å². The van der Waals surface area contributed by atoms with E-state index in [4.69, 9.17) is 14.6 Å². The zero-order valence-corrected chi connectivity index (χ0v) is 12.3. The number of benzene rings is 1. The van der Waals surface area contributed by atoms with Gasteiger partial charge in [0, 0.05) is 19.5 Å². The van der Waals surface area contributed by atoms with E-state index in [1.807, 2.05) is 30.3 Å². The summed E-state index contributed by atoms with van der Waals surface area (Å²) in [6.07, 6.45) is -2.90. The van der Waals surface area contributed by atoms with E-state index in [9.17, 15) is 14.4 Å². The van der Waals surface area contributed by atoms with Gasteiger partial charge in [0.1, 0.15) is 18.8 Å². The number of amides is 3. The topological polar surface area (TPSA) is 96.4 Å². The highest BCUT2D eigenvalue weighted by Crippen LogP contribution is 2.27. The minimum Gasteiger partial charge on any atom is -0.465 e. The van der Waals surface area contributed by atoms with Gasteiger partial charge in [-0.2, -0.15) is 0 Å². The second-order valence-corrected chi connectivity index (χ2v) is 5.42. The van der Waals surface area contributed by atoms with Crippen molar-refractivity contribution in [1.82, 2.24) is 9.80 Å². The van der Waals surface area contributed by atoms with Gasteiger partial charge in [-0.25, -0.2) is 19.3 Å². The molecule has 0 unspecified atom stereocenters. The first-order valence-electron chi connectivity index (χ1n) is 7.24. The van der Waals surface area contributed by atoms with Crippen molar-refractivity contribution in [3.63, 3.8) is 0 Å². The van der Waals surface area contributed by atoms with E-state index in [2.05, 4.69) is 0 Å². The molecule has 23 heavy (non-hydrogen) atoms. The van der Waals surface area contributed by atoms with Gasteiger partial charge < -0.3 is 19.5 Å². The van der Waals surface area contributed by atoms with E-state index in [1.165, 1.54) is 4.90 Å². The standard InChI is InChI=1S/C15H16N2O6/c18-13(19)17-11-8-16(7-6-12(11)23-15(17)21)14(20)22-9-10-4-2-1-3-5-10/h1-5,11-12H,6-9H2,(H,18,19)/t11-,12+/m1/s1. The number of likely N-dealkylation sites (tertiary alicyclic amines) is 1. The lowest BCUT2D eigenvalue weighted by Crippen LogP contribution is -2.53. The molecule has 8 nitrogen and oxygen atoms in total. The Morgan fingerprint density at radius 3 is 2.74 bits per heavy atom. The molecule has 122 valence electrons. The first-order valence-corrected chi connectivity index (χ1v) is 7.24. The van der Waals surface area contributed by atoms with Crippen LogP contribution in [0.4, 0.5) is 14.4 Å². The first kappa shape index (κ1) is 15.1. The SMILES string of the molecule is O=C(OCc1ccccc1)N1CC[C@@H]2OC(=O)N(C(=O)O)[C@@H]2C1. The number of rotatable bonds is 2. The minimum absolute atomic E-state index is 0.0797. The Kier molecular flexibility index (Phi) is 4.05. The molecule has 3 rings (SSSR count). The predicted molar refractivity (Wildman–Crippen MR) is 76.7 cm³/mol. The molecule has 2 saturated heterocycles. The highest BCUT2D eigenvalue weighted by Gasteiger charge is 2.49. The third kappa shape index (κ3) is 3.05. The molecule has 0 spiro atoms. The molecule has 0 saturated carbocycles. The van der Waals surface area contributed by atoms with Crippen LogP contribution in [0.25, 0.3) is 0 Å². The Morgan fingerprint density at radius 2 is 2.04 bits per heavy atom. The van der Waals surface area contributed by atoms with Gasteiger partial charge in [0.05, 0.1) is 0 Å². The maximum absolute atomic E-state index is 12.1. The molecular formula is C15H16N2O6. The lowest BCUT2D eigenvalue weighted by Gasteiger charge is -2.33. The van der Waals surface area contributed by atoms with E-state index in [0.29, 0.717) is 17.9 Å². The average molecular weight is 320 g/mol. The highest BCUT2D eigenvalue weighted by atomic mass is 16.6. The number of hydrogen-bond donors (Lipinski definition) is 1. The molecule has 1 N–H and O–H groups in total.